The van der Waals surface area contributed by atoms with Gasteiger partial charge in [0.05, 0.1) is 0 Å². The lowest BCUT2D eigenvalue weighted by Crippen LogP contribution is -2.35. The zero-order chi connectivity index (χ0) is 42.1. The molecule has 0 bridgehead atoms. The first kappa shape index (κ1) is 43.4. The smallest absolute Gasteiger partial charge is 0.127 e. The lowest BCUT2D eigenvalue weighted by molar-refractivity contribution is 0.114. The minimum absolute atomic E-state index is 0.334. The van der Waals surface area contributed by atoms with E-state index in [4.69, 9.17) is 18.9 Å². The highest BCUT2D eigenvalue weighted by atomic mass is 16.5. The standard InChI is InChI=1S/C27H32N2O2.C26H30N2O2/c1-28-17-15-26(16-18-28)31-27-10-6-7-23(19-27)21-29(2)20-22-11-13-25(14-12-22)30-24-8-4-3-5-9-24;1-28-16-14-25(15-17-28)30-26-9-5-6-22(18-26)20-27-19-21-10-12-24(13-11-21)29-23-7-3-2-4-8-23/h3-14,19,26H,15-18,20-21H2,1-2H3;2-13,18,25,27H,14-17,19-20H2,1H3. The van der Waals surface area contributed by atoms with Gasteiger partial charge in [-0.3, -0.25) is 4.90 Å². The highest BCUT2D eigenvalue weighted by Gasteiger charge is 2.19. The van der Waals surface area contributed by atoms with Gasteiger partial charge >= 0.3 is 0 Å². The van der Waals surface area contributed by atoms with Crippen LogP contribution in [0, 0.1) is 0 Å². The normalized spacial score (nSPS) is 15.1. The van der Waals surface area contributed by atoms with Crippen molar-refractivity contribution in [1.29, 1.82) is 0 Å². The number of ether oxygens (including phenoxy) is 4. The number of hydrogen-bond acceptors (Lipinski definition) is 8. The van der Waals surface area contributed by atoms with Gasteiger partial charge in [0.15, 0.2) is 0 Å². The molecule has 6 aromatic carbocycles. The van der Waals surface area contributed by atoms with E-state index in [0.717, 1.165) is 113 Å². The molecule has 0 unspecified atom stereocenters. The highest BCUT2D eigenvalue weighted by Crippen LogP contribution is 2.25. The van der Waals surface area contributed by atoms with Gasteiger partial charge in [-0.25, -0.2) is 0 Å². The summed E-state index contributed by atoms with van der Waals surface area (Å²) in [4.78, 5) is 7.05. The molecule has 0 atom stereocenters. The van der Waals surface area contributed by atoms with E-state index in [1.54, 1.807) is 0 Å². The Morgan fingerprint density at radius 3 is 1.34 bits per heavy atom. The molecule has 8 nitrogen and oxygen atoms in total. The van der Waals surface area contributed by atoms with E-state index in [0.29, 0.717) is 12.2 Å². The van der Waals surface area contributed by atoms with E-state index in [-0.39, 0.29) is 0 Å². The number of benzene rings is 6. The van der Waals surface area contributed by atoms with E-state index >= 15 is 0 Å². The molecule has 0 spiro atoms. The van der Waals surface area contributed by atoms with Gasteiger partial charge in [0, 0.05) is 52.4 Å². The molecule has 318 valence electrons. The first-order valence-electron chi connectivity index (χ1n) is 21.8. The largest absolute Gasteiger partial charge is 0.490 e. The Labute approximate surface area is 363 Å². The van der Waals surface area contributed by atoms with Crippen LogP contribution in [-0.4, -0.2) is 74.2 Å². The van der Waals surface area contributed by atoms with Crippen LogP contribution in [0.1, 0.15) is 47.9 Å². The van der Waals surface area contributed by atoms with E-state index in [2.05, 4.69) is 114 Å². The summed E-state index contributed by atoms with van der Waals surface area (Å²) in [5.74, 6) is 5.38. The summed E-state index contributed by atoms with van der Waals surface area (Å²) in [5, 5.41) is 3.52. The molecular formula is C53H62N4O4. The molecule has 0 aromatic heterocycles. The molecule has 1 N–H and O–H groups in total. The van der Waals surface area contributed by atoms with Gasteiger partial charge in [-0.1, -0.05) is 84.9 Å². The lowest BCUT2D eigenvalue weighted by Gasteiger charge is -2.29. The van der Waals surface area contributed by atoms with E-state index < -0.39 is 0 Å². The van der Waals surface area contributed by atoms with Crippen LogP contribution in [0.15, 0.2) is 158 Å². The summed E-state index contributed by atoms with van der Waals surface area (Å²) in [6, 6.07) is 53.3. The summed E-state index contributed by atoms with van der Waals surface area (Å²) in [7, 11) is 6.50. The molecule has 61 heavy (non-hydrogen) atoms. The van der Waals surface area contributed by atoms with E-state index in [1.807, 2.05) is 84.9 Å². The number of nitrogens with zero attached hydrogens (tertiary/aromatic N) is 3. The van der Waals surface area contributed by atoms with Crippen LogP contribution in [0.25, 0.3) is 0 Å². The molecule has 0 amide bonds. The molecule has 2 saturated heterocycles. The quantitative estimate of drug-likeness (QED) is 0.104. The fourth-order valence-electron chi connectivity index (χ4n) is 7.65. The van der Waals surface area contributed by atoms with Crippen molar-refractivity contribution in [2.24, 2.45) is 0 Å². The molecule has 0 radical (unpaired) electrons. The van der Waals surface area contributed by atoms with Gasteiger partial charge in [-0.05, 0) is 142 Å². The molecule has 0 aliphatic carbocycles. The van der Waals surface area contributed by atoms with Crippen molar-refractivity contribution < 1.29 is 18.9 Å². The Morgan fingerprint density at radius 2 is 0.836 bits per heavy atom. The Bertz CT molecular complexity index is 2150. The molecule has 8 heteroatoms. The number of para-hydroxylation sites is 2. The first-order valence-corrected chi connectivity index (χ1v) is 21.8. The summed E-state index contributed by atoms with van der Waals surface area (Å²) >= 11 is 0. The van der Waals surface area contributed by atoms with Crippen molar-refractivity contribution in [2.75, 3.05) is 47.3 Å². The van der Waals surface area contributed by atoms with Crippen molar-refractivity contribution >= 4 is 0 Å². The third-order valence-electron chi connectivity index (χ3n) is 11.1. The summed E-state index contributed by atoms with van der Waals surface area (Å²) in [5.41, 5.74) is 5.01. The van der Waals surface area contributed by atoms with Gasteiger partial charge < -0.3 is 34.1 Å². The highest BCUT2D eigenvalue weighted by molar-refractivity contribution is 5.35. The van der Waals surface area contributed by atoms with Gasteiger partial charge in [0.1, 0.15) is 46.7 Å². The number of piperidine rings is 2. The van der Waals surface area contributed by atoms with Crippen LogP contribution in [0.5, 0.6) is 34.5 Å². The van der Waals surface area contributed by atoms with Crippen molar-refractivity contribution in [1.82, 2.24) is 20.0 Å². The molecule has 6 aromatic rings. The van der Waals surface area contributed by atoms with E-state index in [9.17, 15) is 0 Å². The third-order valence-corrected chi connectivity index (χ3v) is 11.1. The predicted molar refractivity (Wildman–Crippen MR) is 247 cm³/mol. The maximum Gasteiger partial charge on any atom is 0.127 e. The Balaban J connectivity index is 0.000000184. The zero-order valence-corrected chi connectivity index (χ0v) is 36.1. The number of nitrogens with one attached hydrogen (secondary N) is 1. The van der Waals surface area contributed by atoms with Crippen LogP contribution in [0.2, 0.25) is 0 Å². The fraction of sp³-hybridized carbons (Fsp3) is 0.321. The third kappa shape index (κ3) is 14.8. The molecular weight excluding hydrogens is 757 g/mol. The van der Waals surface area contributed by atoms with Crippen LogP contribution in [-0.2, 0) is 26.2 Å². The minimum atomic E-state index is 0.334. The lowest BCUT2D eigenvalue weighted by atomic mass is 10.1. The van der Waals surface area contributed by atoms with Crippen LogP contribution >= 0.6 is 0 Å². The maximum absolute atomic E-state index is 6.25. The van der Waals surface area contributed by atoms with Gasteiger partial charge in [0.2, 0.25) is 0 Å². The molecule has 2 fully saturated rings. The molecule has 2 aliphatic heterocycles. The van der Waals surface area contributed by atoms with Gasteiger partial charge in [-0.15, -0.1) is 0 Å². The first-order chi connectivity index (χ1) is 29.9. The summed E-state index contributed by atoms with van der Waals surface area (Å²) in [6.07, 6.45) is 5.07. The second kappa shape index (κ2) is 22.8. The summed E-state index contributed by atoms with van der Waals surface area (Å²) < 4.78 is 24.2. The summed E-state index contributed by atoms with van der Waals surface area (Å²) in [6.45, 7) is 7.84. The predicted octanol–water partition coefficient (Wildman–Crippen LogP) is 10.8. The minimum Gasteiger partial charge on any atom is -0.490 e. The zero-order valence-electron chi connectivity index (χ0n) is 36.1. The average molecular weight is 819 g/mol. The second-order valence-electron chi connectivity index (χ2n) is 16.4. The van der Waals surface area contributed by atoms with E-state index in [1.165, 1.54) is 22.3 Å². The molecule has 8 rings (SSSR count). The van der Waals surface area contributed by atoms with Gasteiger partial charge in [-0.2, -0.15) is 0 Å². The Kier molecular flexibility index (Phi) is 16.3. The number of likely N-dealkylation sites (tertiary alicyclic amines) is 2. The van der Waals surface area contributed by atoms with Crippen LogP contribution in [0.3, 0.4) is 0 Å². The fourth-order valence-corrected chi connectivity index (χ4v) is 7.65. The van der Waals surface area contributed by atoms with Crippen LogP contribution in [0.4, 0.5) is 0 Å². The number of rotatable bonds is 16. The average Bonchev–Trinajstić information content (AvgIpc) is 3.28. The SMILES string of the molecule is CN1CCC(Oc2cccc(CN(C)Cc3ccc(Oc4ccccc4)cc3)c2)CC1.CN1CCC(Oc2cccc(CNCc3ccc(Oc4ccccc4)cc3)c2)CC1. The van der Waals surface area contributed by atoms with Crippen molar-refractivity contribution in [3.63, 3.8) is 0 Å². The topological polar surface area (TPSA) is 58.7 Å². The molecule has 2 aliphatic rings. The van der Waals surface area contributed by atoms with Crippen molar-refractivity contribution in [3.05, 3.63) is 180 Å². The maximum atomic E-state index is 6.25. The Morgan fingerprint density at radius 1 is 0.443 bits per heavy atom. The molecule has 0 saturated carbocycles. The Hall–Kier alpha value is -5.64. The van der Waals surface area contributed by atoms with Gasteiger partial charge in [0.25, 0.3) is 0 Å². The van der Waals surface area contributed by atoms with Crippen LogP contribution < -0.4 is 24.3 Å². The van der Waals surface area contributed by atoms with Crippen molar-refractivity contribution in [2.45, 2.75) is 64.1 Å². The second-order valence-corrected chi connectivity index (χ2v) is 16.4. The number of hydrogen-bond donors (Lipinski definition) is 1. The molecule has 2 heterocycles. The monoisotopic (exact) mass is 818 g/mol. The van der Waals surface area contributed by atoms with Crippen molar-refractivity contribution in [3.8, 4) is 34.5 Å².